The normalized spacial score (nSPS) is 19.4. The number of anilines is 1. The van der Waals surface area contributed by atoms with Crippen molar-refractivity contribution in [1.29, 1.82) is 0 Å². The molecule has 2 aliphatic rings. The summed E-state index contributed by atoms with van der Waals surface area (Å²) in [6, 6.07) is 8.99. The van der Waals surface area contributed by atoms with Gasteiger partial charge >= 0.3 is 6.03 Å². The van der Waals surface area contributed by atoms with Crippen molar-refractivity contribution in [3.63, 3.8) is 0 Å². The topological polar surface area (TPSA) is 110 Å². The van der Waals surface area contributed by atoms with Crippen molar-refractivity contribution in [3.05, 3.63) is 47.2 Å². The first kappa shape index (κ1) is 23.5. The number of H-pyrrole nitrogens is 1. The Morgan fingerprint density at radius 2 is 1.88 bits per heavy atom. The standard InChI is InChI=1S/C24H35N5O3Si/c1-23(2)19-17(15-29(23)22(32)25-14-18(30)16-10-7-6-8-11-16)20(28-27-19)26-21(31)24(12-9-13-24)33(3,4)5/h6-8,10-11,18,30H,9,12-15H2,1-5H3,(H,25,32)(H2,26,27,28,31)/t18-/m0/s1. The molecule has 0 bridgehead atoms. The second-order valence-electron chi connectivity index (χ2n) is 10.8. The Morgan fingerprint density at radius 1 is 1.21 bits per heavy atom. The zero-order valence-corrected chi connectivity index (χ0v) is 21.2. The van der Waals surface area contributed by atoms with E-state index in [9.17, 15) is 14.7 Å². The Hall–Kier alpha value is -2.65. The van der Waals surface area contributed by atoms with Crippen LogP contribution in [-0.4, -0.2) is 46.8 Å². The zero-order chi connectivity index (χ0) is 24.0. The molecule has 1 aromatic heterocycles. The van der Waals surface area contributed by atoms with Gasteiger partial charge in [0.25, 0.3) is 0 Å². The monoisotopic (exact) mass is 469 g/mol. The van der Waals surface area contributed by atoms with Gasteiger partial charge in [-0.1, -0.05) is 56.4 Å². The number of hydrogen-bond donors (Lipinski definition) is 4. The summed E-state index contributed by atoms with van der Waals surface area (Å²) < 4.78 is 0. The lowest BCUT2D eigenvalue weighted by Gasteiger charge is -2.48. The third-order valence-corrected chi connectivity index (χ3v) is 11.3. The van der Waals surface area contributed by atoms with Gasteiger partial charge < -0.3 is 20.6 Å². The van der Waals surface area contributed by atoms with Crippen LogP contribution in [0.2, 0.25) is 24.7 Å². The van der Waals surface area contributed by atoms with Crippen LogP contribution < -0.4 is 10.6 Å². The van der Waals surface area contributed by atoms with Crippen LogP contribution in [0.15, 0.2) is 30.3 Å². The molecular weight excluding hydrogens is 434 g/mol. The highest BCUT2D eigenvalue weighted by Crippen LogP contribution is 2.56. The average molecular weight is 470 g/mol. The molecule has 2 heterocycles. The van der Waals surface area contributed by atoms with Crippen molar-refractivity contribution < 1.29 is 14.7 Å². The number of carbonyl (C=O) groups excluding carboxylic acids is 2. The van der Waals surface area contributed by atoms with Crippen molar-refractivity contribution in [3.8, 4) is 0 Å². The van der Waals surface area contributed by atoms with Crippen molar-refractivity contribution in [2.45, 2.75) is 76.0 Å². The van der Waals surface area contributed by atoms with E-state index >= 15 is 0 Å². The Morgan fingerprint density at radius 3 is 2.45 bits per heavy atom. The van der Waals surface area contributed by atoms with E-state index in [1.807, 2.05) is 44.2 Å². The number of nitrogens with one attached hydrogen (secondary N) is 3. The molecule has 1 aliphatic heterocycles. The van der Waals surface area contributed by atoms with Gasteiger partial charge in [-0.25, -0.2) is 4.79 Å². The molecular formula is C24H35N5O3Si. The number of urea groups is 1. The largest absolute Gasteiger partial charge is 0.387 e. The van der Waals surface area contributed by atoms with Crippen LogP contribution in [0, 0.1) is 0 Å². The number of aromatic nitrogens is 2. The molecule has 1 aromatic carbocycles. The molecule has 0 spiro atoms. The number of aliphatic hydroxyl groups excluding tert-OH is 1. The summed E-state index contributed by atoms with van der Waals surface area (Å²) in [6.07, 6.45) is 2.18. The van der Waals surface area contributed by atoms with E-state index in [4.69, 9.17) is 0 Å². The van der Waals surface area contributed by atoms with E-state index in [0.29, 0.717) is 12.4 Å². The van der Waals surface area contributed by atoms with Crippen LogP contribution >= 0.6 is 0 Å². The Bertz CT molecular complexity index is 1040. The summed E-state index contributed by atoms with van der Waals surface area (Å²) in [5, 5.41) is 23.5. The van der Waals surface area contributed by atoms with Crippen LogP contribution in [0.3, 0.4) is 0 Å². The molecule has 0 unspecified atom stereocenters. The number of hydrogen-bond acceptors (Lipinski definition) is 4. The minimum atomic E-state index is -1.70. The number of fused-ring (bicyclic) bond motifs is 1. The molecule has 33 heavy (non-hydrogen) atoms. The molecule has 3 amide bonds. The van der Waals surface area contributed by atoms with E-state index in [2.05, 4.69) is 40.5 Å². The van der Waals surface area contributed by atoms with Crippen molar-refractivity contribution in [1.82, 2.24) is 20.4 Å². The highest BCUT2D eigenvalue weighted by molar-refractivity contribution is 6.83. The molecule has 178 valence electrons. The second kappa shape index (κ2) is 8.29. The maximum absolute atomic E-state index is 13.3. The summed E-state index contributed by atoms with van der Waals surface area (Å²) in [6.45, 7) is 11.1. The predicted octanol–water partition coefficient (Wildman–Crippen LogP) is 4.10. The smallest absolute Gasteiger partial charge is 0.318 e. The first-order valence-corrected chi connectivity index (χ1v) is 15.1. The first-order valence-electron chi connectivity index (χ1n) is 11.6. The van der Waals surface area contributed by atoms with Crippen LogP contribution in [0.1, 0.15) is 56.0 Å². The summed E-state index contributed by atoms with van der Waals surface area (Å²) in [5.41, 5.74) is 1.80. The van der Waals surface area contributed by atoms with Crippen LogP contribution in [0.5, 0.6) is 0 Å². The minimum absolute atomic E-state index is 0.0638. The van der Waals surface area contributed by atoms with Gasteiger partial charge in [-0.2, -0.15) is 5.10 Å². The van der Waals surface area contributed by atoms with E-state index in [1.54, 1.807) is 4.90 Å². The van der Waals surface area contributed by atoms with Gasteiger partial charge in [0.1, 0.15) is 0 Å². The van der Waals surface area contributed by atoms with Gasteiger partial charge in [0.2, 0.25) is 5.91 Å². The second-order valence-corrected chi connectivity index (χ2v) is 16.3. The van der Waals surface area contributed by atoms with E-state index < -0.39 is 19.7 Å². The van der Waals surface area contributed by atoms with E-state index in [-0.39, 0.29) is 23.5 Å². The number of amides is 3. The molecule has 1 fully saturated rings. The Labute approximate surface area is 196 Å². The van der Waals surface area contributed by atoms with Crippen molar-refractivity contribution >= 4 is 25.8 Å². The molecule has 1 atom stereocenters. The first-order chi connectivity index (χ1) is 15.5. The number of benzene rings is 1. The molecule has 0 radical (unpaired) electrons. The number of nitrogens with zero attached hydrogens (tertiary/aromatic N) is 2. The van der Waals surface area contributed by atoms with E-state index in [1.165, 1.54) is 0 Å². The molecule has 4 N–H and O–H groups in total. The highest BCUT2D eigenvalue weighted by atomic mass is 28.3. The number of rotatable bonds is 6. The van der Waals surface area contributed by atoms with Gasteiger partial charge in [-0.3, -0.25) is 9.89 Å². The fourth-order valence-electron chi connectivity index (χ4n) is 5.09. The molecule has 8 nitrogen and oxygen atoms in total. The lowest BCUT2D eigenvalue weighted by atomic mass is 9.83. The quantitative estimate of drug-likeness (QED) is 0.477. The Kier molecular flexibility index (Phi) is 5.90. The lowest BCUT2D eigenvalue weighted by molar-refractivity contribution is -0.121. The highest BCUT2D eigenvalue weighted by Gasteiger charge is 2.54. The number of aromatic amines is 1. The zero-order valence-electron chi connectivity index (χ0n) is 20.2. The molecule has 2 aromatic rings. The molecule has 4 rings (SSSR count). The third kappa shape index (κ3) is 3.97. The summed E-state index contributed by atoms with van der Waals surface area (Å²) in [4.78, 5) is 28.0. The van der Waals surface area contributed by atoms with Gasteiger partial charge in [-0.05, 0) is 32.3 Å². The van der Waals surface area contributed by atoms with Gasteiger partial charge in [0.15, 0.2) is 5.82 Å². The van der Waals surface area contributed by atoms with Gasteiger partial charge in [0.05, 0.1) is 32.0 Å². The maximum atomic E-state index is 13.3. The summed E-state index contributed by atoms with van der Waals surface area (Å²) in [7, 11) is -1.70. The number of carbonyl (C=O) groups is 2. The van der Waals surface area contributed by atoms with Crippen LogP contribution in [0.25, 0.3) is 0 Å². The summed E-state index contributed by atoms with van der Waals surface area (Å²) >= 11 is 0. The lowest BCUT2D eigenvalue weighted by Crippen LogP contribution is -2.52. The molecule has 0 saturated heterocycles. The molecule has 1 saturated carbocycles. The van der Waals surface area contributed by atoms with E-state index in [0.717, 1.165) is 36.1 Å². The van der Waals surface area contributed by atoms with Crippen LogP contribution in [0.4, 0.5) is 10.6 Å². The van der Waals surface area contributed by atoms with Gasteiger partial charge in [0, 0.05) is 17.1 Å². The predicted molar refractivity (Wildman–Crippen MR) is 130 cm³/mol. The fraction of sp³-hybridized carbons (Fsp3) is 0.542. The fourth-order valence-corrected chi connectivity index (χ4v) is 7.69. The van der Waals surface area contributed by atoms with Crippen molar-refractivity contribution in [2.24, 2.45) is 0 Å². The average Bonchev–Trinajstić information content (AvgIpc) is 3.22. The van der Waals surface area contributed by atoms with Crippen molar-refractivity contribution in [2.75, 3.05) is 11.9 Å². The SMILES string of the molecule is CC1(C)c2[nH]nc(NC(=O)C3([Si](C)(C)C)CCC3)c2CN1C(=O)NC[C@H](O)c1ccccc1. The van der Waals surface area contributed by atoms with Crippen LogP contribution in [-0.2, 0) is 16.9 Å². The number of aliphatic hydroxyl groups is 1. The third-order valence-electron chi connectivity index (χ3n) is 7.66. The summed E-state index contributed by atoms with van der Waals surface area (Å²) in [5.74, 6) is 0.584. The maximum Gasteiger partial charge on any atom is 0.318 e. The van der Waals surface area contributed by atoms with Gasteiger partial charge in [-0.15, -0.1) is 0 Å². The molecule has 1 aliphatic carbocycles. The molecule has 9 heteroatoms. The Balaban J connectivity index is 1.45. The minimum Gasteiger partial charge on any atom is -0.387 e.